The molecule has 80 valence electrons. The maximum atomic E-state index is 13.0. The van der Waals surface area contributed by atoms with Crippen LogP contribution in [0.25, 0.3) is 15.2 Å². The molecule has 0 saturated carbocycles. The van der Waals surface area contributed by atoms with Gasteiger partial charge in [-0.05, 0) is 25.1 Å². The predicted octanol–water partition coefficient (Wildman–Crippen LogP) is 2.36. The minimum atomic E-state index is -0.302. The summed E-state index contributed by atoms with van der Waals surface area (Å²) in [4.78, 5) is 16.7. The van der Waals surface area contributed by atoms with Gasteiger partial charge >= 0.3 is 0 Å². The van der Waals surface area contributed by atoms with Crippen LogP contribution >= 0.6 is 11.3 Å². The first-order valence-corrected chi connectivity index (χ1v) is 5.55. The van der Waals surface area contributed by atoms with Crippen LogP contribution in [0.1, 0.15) is 5.69 Å². The van der Waals surface area contributed by atoms with Gasteiger partial charge in [0.1, 0.15) is 5.82 Å². The second-order valence-corrected chi connectivity index (χ2v) is 4.58. The van der Waals surface area contributed by atoms with E-state index in [1.54, 1.807) is 13.0 Å². The molecule has 0 amide bonds. The molecule has 3 aromatic rings. The summed E-state index contributed by atoms with van der Waals surface area (Å²) in [5.41, 5.74) is 1.26. The fraction of sp³-hybridized carbons (Fsp3) is 0.0909. The van der Waals surface area contributed by atoms with Crippen molar-refractivity contribution in [2.75, 3.05) is 0 Å². The topological polar surface area (TPSA) is 34.4 Å². The van der Waals surface area contributed by atoms with Crippen LogP contribution in [0, 0.1) is 12.7 Å². The van der Waals surface area contributed by atoms with Crippen LogP contribution in [0.5, 0.6) is 0 Å². The van der Waals surface area contributed by atoms with E-state index in [2.05, 4.69) is 4.98 Å². The number of aryl methyl sites for hydroxylation is 1. The Balaban J connectivity index is 2.61. The predicted molar refractivity (Wildman–Crippen MR) is 61.5 cm³/mol. The van der Waals surface area contributed by atoms with Crippen molar-refractivity contribution < 1.29 is 4.39 Å². The molecule has 0 bridgehead atoms. The Bertz CT molecular complexity index is 760. The van der Waals surface area contributed by atoms with Gasteiger partial charge in [-0.25, -0.2) is 9.37 Å². The van der Waals surface area contributed by atoms with Crippen LogP contribution in [0.4, 0.5) is 4.39 Å². The van der Waals surface area contributed by atoms with Crippen molar-refractivity contribution in [3.8, 4) is 0 Å². The Labute approximate surface area is 93.8 Å². The Kier molecular flexibility index (Phi) is 1.85. The molecule has 0 aliphatic carbocycles. The summed E-state index contributed by atoms with van der Waals surface area (Å²) in [5.74, 6) is -0.302. The number of halogens is 1. The Morgan fingerprint density at radius 1 is 1.38 bits per heavy atom. The second-order valence-electron chi connectivity index (χ2n) is 3.57. The highest BCUT2D eigenvalue weighted by atomic mass is 32.1. The van der Waals surface area contributed by atoms with Crippen molar-refractivity contribution in [1.29, 1.82) is 0 Å². The fourth-order valence-corrected chi connectivity index (χ4v) is 2.82. The minimum absolute atomic E-state index is 0.125. The molecule has 2 heterocycles. The maximum Gasteiger partial charge on any atom is 0.259 e. The first kappa shape index (κ1) is 9.47. The van der Waals surface area contributed by atoms with Crippen molar-refractivity contribution in [3.63, 3.8) is 0 Å². The van der Waals surface area contributed by atoms with E-state index in [-0.39, 0.29) is 11.4 Å². The summed E-state index contributed by atoms with van der Waals surface area (Å²) in [5, 5.41) is 0. The zero-order valence-electron chi connectivity index (χ0n) is 8.40. The van der Waals surface area contributed by atoms with Gasteiger partial charge in [-0.2, -0.15) is 0 Å². The van der Waals surface area contributed by atoms with Crippen LogP contribution in [0.15, 0.2) is 29.1 Å². The summed E-state index contributed by atoms with van der Waals surface area (Å²) >= 11 is 1.32. The smallest absolute Gasteiger partial charge is 0.259 e. The number of fused-ring (bicyclic) bond motifs is 3. The van der Waals surface area contributed by atoms with Crippen molar-refractivity contribution in [2.45, 2.75) is 6.92 Å². The Morgan fingerprint density at radius 3 is 3.00 bits per heavy atom. The number of benzene rings is 1. The van der Waals surface area contributed by atoms with Gasteiger partial charge in [0.15, 0.2) is 4.96 Å². The molecule has 0 spiro atoms. The summed E-state index contributed by atoms with van der Waals surface area (Å²) in [6, 6.07) is 5.85. The molecular formula is C11H7FN2OS. The van der Waals surface area contributed by atoms with E-state index in [4.69, 9.17) is 0 Å². The van der Waals surface area contributed by atoms with Gasteiger partial charge in [0.25, 0.3) is 5.56 Å². The van der Waals surface area contributed by atoms with Crippen LogP contribution < -0.4 is 5.56 Å². The largest absolute Gasteiger partial charge is 0.269 e. The third kappa shape index (κ3) is 1.25. The third-order valence-corrected chi connectivity index (χ3v) is 3.38. The lowest BCUT2D eigenvalue weighted by molar-refractivity contribution is 0.630. The van der Waals surface area contributed by atoms with Crippen molar-refractivity contribution in [1.82, 2.24) is 9.38 Å². The molecule has 0 N–H and O–H groups in total. The van der Waals surface area contributed by atoms with Crippen molar-refractivity contribution in [3.05, 3.63) is 46.1 Å². The number of rotatable bonds is 0. The van der Waals surface area contributed by atoms with Crippen molar-refractivity contribution >= 4 is 26.5 Å². The molecule has 0 atom stereocenters. The first-order valence-electron chi connectivity index (χ1n) is 4.73. The van der Waals surface area contributed by atoms with Gasteiger partial charge in [-0.15, -0.1) is 0 Å². The van der Waals surface area contributed by atoms with Crippen molar-refractivity contribution in [2.24, 2.45) is 0 Å². The summed E-state index contributed by atoms with van der Waals surface area (Å²) in [7, 11) is 0. The van der Waals surface area contributed by atoms with E-state index in [0.717, 1.165) is 4.70 Å². The van der Waals surface area contributed by atoms with Gasteiger partial charge in [0, 0.05) is 11.8 Å². The van der Waals surface area contributed by atoms with Crippen LogP contribution in [-0.2, 0) is 0 Å². The molecular weight excluding hydrogens is 227 g/mol. The quantitative estimate of drug-likeness (QED) is 0.598. The zero-order valence-corrected chi connectivity index (χ0v) is 9.21. The minimum Gasteiger partial charge on any atom is -0.269 e. The van der Waals surface area contributed by atoms with E-state index < -0.39 is 0 Å². The number of aromatic nitrogens is 2. The van der Waals surface area contributed by atoms with Gasteiger partial charge in [-0.3, -0.25) is 9.20 Å². The average Bonchev–Trinajstić information content (AvgIpc) is 2.54. The SMILES string of the molecule is Cc1cc(=O)n2c(n1)sc1cc(F)ccc12. The van der Waals surface area contributed by atoms with E-state index in [1.807, 2.05) is 0 Å². The van der Waals surface area contributed by atoms with E-state index in [1.165, 1.54) is 33.9 Å². The van der Waals surface area contributed by atoms with Crippen LogP contribution in [0.2, 0.25) is 0 Å². The first-order chi connectivity index (χ1) is 7.65. The fourth-order valence-electron chi connectivity index (χ4n) is 1.71. The summed E-state index contributed by atoms with van der Waals surface area (Å²) in [6.07, 6.45) is 0. The number of hydrogen-bond acceptors (Lipinski definition) is 3. The van der Waals surface area contributed by atoms with Gasteiger partial charge in [0.2, 0.25) is 0 Å². The molecule has 0 unspecified atom stereocenters. The monoisotopic (exact) mass is 234 g/mol. The van der Waals surface area contributed by atoms with E-state index in [9.17, 15) is 9.18 Å². The maximum absolute atomic E-state index is 13.0. The highest BCUT2D eigenvalue weighted by Crippen LogP contribution is 2.24. The summed E-state index contributed by atoms with van der Waals surface area (Å²) < 4.78 is 15.3. The standard InChI is InChI=1S/C11H7FN2OS/c1-6-4-10(15)14-8-3-2-7(12)5-9(8)16-11(14)13-6/h2-5H,1H3. The van der Waals surface area contributed by atoms with Crippen LogP contribution in [0.3, 0.4) is 0 Å². The molecule has 16 heavy (non-hydrogen) atoms. The normalized spacial score (nSPS) is 11.4. The molecule has 5 heteroatoms. The molecule has 0 aliphatic rings. The molecule has 2 aromatic heterocycles. The number of nitrogens with zero attached hydrogens (tertiary/aromatic N) is 2. The van der Waals surface area contributed by atoms with Gasteiger partial charge < -0.3 is 0 Å². The number of thiazole rings is 1. The van der Waals surface area contributed by atoms with Crippen LogP contribution in [-0.4, -0.2) is 9.38 Å². The average molecular weight is 234 g/mol. The molecule has 0 fully saturated rings. The molecule has 3 rings (SSSR count). The van der Waals surface area contributed by atoms with E-state index >= 15 is 0 Å². The lowest BCUT2D eigenvalue weighted by Gasteiger charge is -1.95. The Hall–Kier alpha value is -1.75. The third-order valence-electron chi connectivity index (χ3n) is 2.38. The van der Waals surface area contributed by atoms with Gasteiger partial charge in [-0.1, -0.05) is 11.3 Å². The second kappa shape index (κ2) is 3.12. The molecule has 0 radical (unpaired) electrons. The lowest BCUT2D eigenvalue weighted by atomic mass is 10.3. The highest BCUT2D eigenvalue weighted by Gasteiger charge is 2.08. The zero-order chi connectivity index (χ0) is 11.3. The molecule has 1 aromatic carbocycles. The summed E-state index contributed by atoms with van der Waals surface area (Å²) in [6.45, 7) is 1.77. The molecule has 3 nitrogen and oxygen atoms in total. The molecule has 0 aliphatic heterocycles. The Morgan fingerprint density at radius 2 is 2.19 bits per heavy atom. The number of hydrogen-bond donors (Lipinski definition) is 0. The lowest BCUT2D eigenvalue weighted by Crippen LogP contribution is -2.12. The molecule has 0 saturated heterocycles. The van der Waals surface area contributed by atoms with E-state index in [0.29, 0.717) is 16.2 Å². The van der Waals surface area contributed by atoms with Gasteiger partial charge in [0.05, 0.1) is 10.2 Å². The highest BCUT2D eigenvalue weighted by molar-refractivity contribution is 7.23.